The summed E-state index contributed by atoms with van der Waals surface area (Å²) >= 11 is 0. The highest BCUT2D eigenvalue weighted by Gasteiger charge is 2.11. The van der Waals surface area contributed by atoms with Gasteiger partial charge in [0.05, 0.1) is 12.2 Å². The van der Waals surface area contributed by atoms with Gasteiger partial charge in [-0.25, -0.2) is 0 Å². The maximum Gasteiger partial charge on any atom is 0.387 e. The molecule has 2 rings (SSSR count). The number of amides is 2. The summed E-state index contributed by atoms with van der Waals surface area (Å²) in [6.45, 7) is -0.803. The molecule has 0 aliphatic rings. The number of alkyl halides is 2. The number of nitrogens with one attached hydrogen (secondary N) is 3. The molecule has 0 saturated heterocycles. The first-order valence-corrected chi connectivity index (χ1v) is 7.95. The van der Waals surface area contributed by atoms with E-state index in [-0.39, 0.29) is 23.9 Å². The third-order valence-electron chi connectivity index (χ3n) is 3.29. The summed E-state index contributed by atoms with van der Waals surface area (Å²) in [4.78, 5) is 23.9. The van der Waals surface area contributed by atoms with Crippen LogP contribution in [0.25, 0.3) is 0 Å². The van der Waals surface area contributed by atoms with Crippen LogP contribution in [0, 0.1) is 0 Å². The van der Waals surface area contributed by atoms with Gasteiger partial charge in [0, 0.05) is 17.8 Å². The summed E-state index contributed by atoms with van der Waals surface area (Å²) in [5.41, 5.74) is 1.16. The molecule has 0 unspecified atom stereocenters. The Morgan fingerprint density at radius 1 is 1.12 bits per heavy atom. The lowest BCUT2D eigenvalue weighted by Gasteiger charge is -2.13. The number of para-hydroxylation sites is 2. The van der Waals surface area contributed by atoms with Gasteiger partial charge in [-0.2, -0.15) is 8.78 Å². The van der Waals surface area contributed by atoms with Gasteiger partial charge in [0.1, 0.15) is 5.75 Å². The maximum absolute atomic E-state index is 12.4. The molecule has 0 fully saturated rings. The summed E-state index contributed by atoms with van der Waals surface area (Å²) in [5, 5.41) is 8.06. The zero-order chi connectivity index (χ0) is 18.9. The molecule has 8 heteroatoms. The molecule has 0 saturated carbocycles. The van der Waals surface area contributed by atoms with Crippen LogP contribution in [0.1, 0.15) is 17.3 Å². The highest BCUT2D eigenvalue weighted by molar-refractivity contribution is 5.98. The van der Waals surface area contributed by atoms with E-state index >= 15 is 0 Å². The number of hydrogen-bond acceptors (Lipinski definition) is 4. The lowest BCUT2D eigenvalue weighted by molar-refractivity contribution is -0.114. The minimum absolute atomic E-state index is 0.0477. The van der Waals surface area contributed by atoms with Crippen molar-refractivity contribution in [1.82, 2.24) is 5.32 Å². The Bertz CT molecular complexity index is 769. The van der Waals surface area contributed by atoms with E-state index in [1.54, 1.807) is 36.4 Å². The summed E-state index contributed by atoms with van der Waals surface area (Å²) in [7, 11) is 0. The first-order valence-electron chi connectivity index (χ1n) is 7.95. The normalized spacial score (nSPS) is 10.3. The molecule has 0 heterocycles. The lowest BCUT2D eigenvalue weighted by atomic mass is 10.2. The zero-order valence-electron chi connectivity index (χ0n) is 14.1. The number of halogens is 2. The van der Waals surface area contributed by atoms with E-state index in [1.165, 1.54) is 12.1 Å². The second-order valence-electron chi connectivity index (χ2n) is 5.22. The summed E-state index contributed by atoms with van der Waals surface area (Å²) in [5.74, 6) is -0.682. The summed E-state index contributed by atoms with van der Waals surface area (Å²) < 4.78 is 29.2. The number of rotatable bonds is 8. The number of anilines is 2. The molecule has 2 aromatic rings. The van der Waals surface area contributed by atoms with Crippen LogP contribution >= 0.6 is 0 Å². The molecular weight excluding hydrogens is 344 g/mol. The van der Waals surface area contributed by atoms with Gasteiger partial charge in [-0.3, -0.25) is 9.59 Å². The number of ether oxygens (including phenoxy) is 1. The highest BCUT2D eigenvalue weighted by Crippen LogP contribution is 2.25. The number of carbonyl (C=O) groups excluding carboxylic acids is 2. The fourth-order valence-corrected chi connectivity index (χ4v) is 2.19. The van der Waals surface area contributed by atoms with Crippen LogP contribution in [0.15, 0.2) is 48.5 Å². The Morgan fingerprint density at radius 3 is 2.62 bits per heavy atom. The van der Waals surface area contributed by atoms with E-state index in [1.807, 2.05) is 6.92 Å². The van der Waals surface area contributed by atoms with Crippen molar-refractivity contribution in [2.45, 2.75) is 13.5 Å². The van der Waals surface area contributed by atoms with Crippen molar-refractivity contribution in [2.24, 2.45) is 0 Å². The van der Waals surface area contributed by atoms with Crippen molar-refractivity contribution in [3.8, 4) is 5.75 Å². The first kappa shape index (κ1) is 19.2. The summed E-state index contributed by atoms with van der Waals surface area (Å²) in [6, 6.07) is 12.6. The van der Waals surface area contributed by atoms with E-state index in [0.29, 0.717) is 17.8 Å². The van der Waals surface area contributed by atoms with E-state index in [2.05, 4.69) is 20.7 Å². The van der Waals surface area contributed by atoms with Gasteiger partial charge >= 0.3 is 6.61 Å². The second-order valence-corrected chi connectivity index (χ2v) is 5.22. The minimum Gasteiger partial charge on any atom is -0.433 e. The Kier molecular flexibility index (Phi) is 6.90. The van der Waals surface area contributed by atoms with Crippen LogP contribution in [0.3, 0.4) is 0 Å². The average molecular weight is 363 g/mol. The quantitative estimate of drug-likeness (QED) is 0.673. The molecule has 2 amide bonds. The van der Waals surface area contributed by atoms with Crippen LogP contribution in [0.4, 0.5) is 20.2 Å². The largest absolute Gasteiger partial charge is 0.433 e. The van der Waals surface area contributed by atoms with Gasteiger partial charge in [-0.15, -0.1) is 0 Å². The molecule has 26 heavy (non-hydrogen) atoms. The van der Waals surface area contributed by atoms with Gasteiger partial charge in [0.15, 0.2) is 0 Å². The van der Waals surface area contributed by atoms with Crippen molar-refractivity contribution < 1.29 is 23.1 Å². The van der Waals surface area contributed by atoms with E-state index in [4.69, 9.17) is 0 Å². The van der Waals surface area contributed by atoms with Gasteiger partial charge in [0.2, 0.25) is 5.91 Å². The predicted octanol–water partition coefficient (Wildman–Crippen LogP) is 3.09. The van der Waals surface area contributed by atoms with Crippen LogP contribution in [-0.4, -0.2) is 31.5 Å². The third-order valence-corrected chi connectivity index (χ3v) is 3.29. The monoisotopic (exact) mass is 363 g/mol. The number of carbonyl (C=O) groups is 2. The molecule has 2 aromatic carbocycles. The fourth-order valence-electron chi connectivity index (χ4n) is 2.19. The second kappa shape index (κ2) is 9.36. The molecule has 3 N–H and O–H groups in total. The average Bonchev–Trinajstić information content (AvgIpc) is 2.61. The van der Waals surface area contributed by atoms with Gasteiger partial charge in [-0.05, 0) is 37.3 Å². The molecule has 0 atom stereocenters. The van der Waals surface area contributed by atoms with Crippen molar-refractivity contribution in [1.29, 1.82) is 0 Å². The van der Waals surface area contributed by atoms with Gasteiger partial charge in [0.25, 0.3) is 5.91 Å². The molecular formula is C18H19F2N3O3. The van der Waals surface area contributed by atoms with Crippen molar-refractivity contribution in [3.63, 3.8) is 0 Å². The molecule has 138 valence electrons. The molecule has 0 aromatic heterocycles. The SMILES string of the molecule is CCNC(=O)c1cccc(NC(=O)CNc2ccccc2OC(F)F)c1. The van der Waals surface area contributed by atoms with E-state index in [9.17, 15) is 18.4 Å². The molecule has 0 radical (unpaired) electrons. The van der Waals surface area contributed by atoms with E-state index in [0.717, 1.165) is 0 Å². The lowest BCUT2D eigenvalue weighted by Crippen LogP contribution is -2.24. The Labute approximate surface area is 149 Å². The first-order chi connectivity index (χ1) is 12.5. The predicted molar refractivity (Wildman–Crippen MR) is 94.6 cm³/mol. The van der Waals surface area contributed by atoms with Crippen LogP contribution in [0.2, 0.25) is 0 Å². The molecule has 0 spiro atoms. The minimum atomic E-state index is -2.95. The van der Waals surface area contributed by atoms with Gasteiger partial charge < -0.3 is 20.7 Å². The van der Waals surface area contributed by atoms with Crippen LogP contribution in [0.5, 0.6) is 5.75 Å². The topological polar surface area (TPSA) is 79.5 Å². The Balaban J connectivity index is 1.96. The van der Waals surface area contributed by atoms with Gasteiger partial charge in [-0.1, -0.05) is 18.2 Å². The van der Waals surface area contributed by atoms with Crippen molar-refractivity contribution >= 4 is 23.2 Å². The number of hydrogen-bond donors (Lipinski definition) is 3. The molecule has 6 nitrogen and oxygen atoms in total. The van der Waals surface area contributed by atoms with Crippen LogP contribution < -0.4 is 20.7 Å². The Morgan fingerprint density at radius 2 is 1.88 bits per heavy atom. The maximum atomic E-state index is 12.4. The summed E-state index contributed by atoms with van der Waals surface area (Å²) in [6.07, 6.45) is 0. The highest BCUT2D eigenvalue weighted by atomic mass is 19.3. The fraction of sp³-hybridized carbons (Fsp3) is 0.222. The van der Waals surface area contributed by atoms with Crippen molar-refractivity contribution in [3.05, 3.63) is 54.1 Å². The zero-order valence-corrected chi connectivity index (χ0v) is 14.1. The molecule has 0 aliphatic carbocycles. The number of benzene rings is 2. The van der Waals surface area contributed by atoms with E-state index < -0.39 is 12.5 Å². The molecule has 0 bridgehead atoms. The molecule has 0 aliphatic heterocycles. The Hall–Kier alpha value is -3.16. The van der Waals surface area contributed by atoms with Crippen LogP contribution in [-0.2, 0) is 4.79 Å². The van der Waals surface area contributed by atoms with Crippen molar-refractivity contribution in [2.75, 3.05) is 23.7 Å². The standard InChI is InChI=1S/C18H19F2N3O3/c1-2-21-17(25)12-6-5-7-13(10-12)23-16(24)11-22-14-8-3-4-9-15(14)26-18(19)20/h3-10,18,22H,2,11H2,1H3,(H,21,25)(H,23,24). The smallest absolute Gasteiger partial charge is 0.387 e. The third kappa shape index (κ3) is 5.73.